The Morgan fingerprint density at radius 3 is 2.89 bits per heavy atom. The Morgan fingerprint density at radius 2 is 2.14 bits per heavy atom. The van der Waals surface area contributed by atoms with Gasteiger partial charge in [0.1, 0.15) is 11.3 Å². The van der Waals surface area contributed by atoms with Crippen molar-refractivity contribution < 1.29 is 9.21 Å². The minimum atomic E-state index is -0.273. The minimum absolute atomic E-state index is 0.186. The molecular weight excluding hydrogens is 368 g/mol. The van der Waals surface area contributed by atoms with Crippen LogP contribution in [0, 0.1) is 5.41 Å². The van der Waals surface area contributed by atoms with E-state index in [0.717, 1.165) is 36.2 Å². The van der Waals surface area contributed by atoms with Crippen molar-refractivity contribution in [2.45, 2.75) is 44.7 Å². The number of benzene rings is 1. The number of rotatable bonds is 5. The molecule has 3 heterocycles. The Morgan fingerprint density at radius 1 is 1.32 bits per heavy atom. The first-order valence-corrected chi connectivity index (χ1v) is 11.1. The fourth-order valence-electron chi connectivity index (χ4n) is 4.74. The highest BCUT2D eigenvalue weighted by atomic mass is 32.1. The van der Waals surface area contributed by atoms with E-state index in [4.69, 9.17) is 4.42 Å². The van der Waals surface area contributed by atoms with Gasteiger partial charge >= 0.3 is 0 Å². The molecule has 5 rings (SSSR count). The number of nitrogens with one attached hydrogen (secondary N) is 1. The van der Waals surface area contributed by atoms with E-state index in [-0.39, 0.29) is 11.8 Å². The molecule has 28 heavy (non-hydrogen) atoms. The molecule has 1 saturated carbocycles. The monoisotopic (exact) mass is 394 g/mol. The van der Waals surface area contributed by atoms with Crippen LogP contribution < -0.4 is 5.32 Å². The zero-order chi connectivity index (χ0) is 19.1. The van der Waals surface area contributed by atoms with Crippen LogP contribution in [0.2, 0.25) is 0 Å². The summed E-state index contributed by atoms with van der Waals surface area (Å²) in [5.41, 5.74) is 2.40. The molecule has 1 spiro atoms. The summed E-state index contributed by atoms with van der Waals surface area (Å²) in [5, 5.41) is 8.77. The second-order valence-electron chi connectivity index (χ2n) is 8.34. The summed E-state index contributed by atoms with van der Waals surface area (Å²) in [6.45, 7) is 4.82. The molecule has 1 aliphatic heterocycles. The van der Waals surface area contributed by atoms with Gasteiger partial charge in [-0.1, -0.05) is 18.2 Å². The molecule has 4 nitrogen and oxygen atoms in total. The van der Waals surface area contributed by atoms with Gasteiger partial charge in [-0.15, -0.1) is 0 Å². The molecular formula is C23H26N2O2S. The summed E-state index contributed by atoms with van der Waals surface area (Å²) in [6.07, 6.45) is 3.48. The van der Waals surface area contributed by atoms with E-state index in [1.165, 1.54) is 18.4 Å². The Bertz CT molecular complexity index is 939. The molecule has 2 unspecified atom stereocenters. The van der Waals surface area contributed by atoms with Crippen molar-refractivity contribution in [3.8, 4) is 0 Å². The van der Waals surface area contributed by atoms with Crippen LogP contribution in [0.25, 0.3) is 11.0 Å². The number of nitrogens with zero attached hydrogens (tertiary/aromatic N) is 1. The van der Waals surface area contributed by atoms with Gasteiger partial charge in [-0.05, 0) is 79.2 Å². The van der Waals surface area contributed by atoms with Gasteiger partial charge in [0, 0.05) is 18.0 Å². The van der Waals surface area contributed by atoms with Crippen molar-refractivity contribution in [3.63, 3.8) is 0 Å². The Balaban J connectivity index is 1.41. The topological polar surface area (TPSA) is 45.5 Å². The molecule has 0 radical (unpaired) electrons. The number of carbonyl (C=O) groups excluding carboxylic acids is 1. The number of fused-ring (bicyclic) bond motifs is 1. The zero-order valence-electron chi connectivity index (χ0n) is 16.2. The predicted molar refractivity (Wildman–Crippen MR) is 112 cm³/mol. The van der Waals surface area contributed by atoms with Gasteiger partial charge in [0.25, 0.3) is 0 Å². The van der Waals surface area contributed by atoms with Crippen LogP contribution >= 0.6 is 11.3 Å². The number of carbonyl (C=O) groups is 1. The van der Waals surface area contributed by atoms with E-state index in [1.54, 1.807) is 11.3 Å². The molecule has 146 valence electrons. The van der Waals surface area contributed by atoms with Crippen molar-refractivity contribution in [1.29, 1.82) is 0 Å². The maximum Gasteiger partial charge on any atom is 0.233 e. The Kier molecular flexibility index (Phi) is 4.52. The van der Waals surface area contributed by atoms with E-state index in [2.05, 4.69) is 27.0 Å². The number of para-hydroxylation sites is 1. The molecule has 5 heteroatoms. The van der Waals surface area contributed by atoms with Crippen LogP contribution in [-0.4, -0.2) is 29.9 Å². The van der Waals surface area contributed by atoms with E-state index in [0.29, 0.717) is 18.0 Å². The molecule has 2 aromatic heterocycles. The minimum Gasteiger partial charge on any atom is -0.460 e. The van der Waals surface area contributed by atoms with Crippen LogP contribution in [0.1, 0.15) is 43.4 Å². The van der Waals surface area contributed by atoms with E-state index >= 15 is 0 Å². The fraction of sp³-hybridized carbons (Fsp3) is 0.435. The van der Waals surface area contributed by atoms with Gasteiger partial charge in [-0.3, -0.25) is 4.79 Å². The lowest BCUT2D eigenvalue weighted by Gasteiger charge is -2.31. The molecule has 2 aliphatic rings. The molecule has 3 aromatic rings. The maximum absolute atomic E-state index is 13.6. The largest absolute Gasteiger partial charge is 0.460 e. The van der Waals surface area contributed by atoms with Gasteiger partial charge in [0.2, 0.25) is 5.91 Å². The third-order valence-electron chi connectivity index (χ3n) is 6.58. The van der Waals surface area contributed by atoms with Gasteiger partial charge in [-0.2, -0.15) is 11.3 Å². The lowest BCUT2D eigenvalue weighted by Crippen LogP contribution is -2.40. The third kappa shape index (κ3) is 3.16. The number of hydrogen-bond acceptors (Lipinski definition) is 4. The van der Waals surface area contributed by atoms with Crippen LogP contribution in [0.3, 0.4) is 0 Å². The number of hydrogen-bond donors (Lipinski definition) is 1. The summed E-state index contributed by atoms with van der Waals surface area (Å²) >= 11 is 1.69. The van der Waals surface area contributed by atoms with Crippen molar-refractivity contribution in [1.82, 2.24) is 10.2 Å². The summed E-state index contributed by atoms with van der Waals surface area (Å²) in [7, 11) is 0. The molecule has 2 atom stereocenters. The third-order valence-corrected chi connectivity index (χ3v) is 7.31. The average molecular weight is 395 g/mol. The Hall–Kier alpha value is -2.11. The summed E-state index contributed by atoms with van der Waals surface area (Å²) in [5.74, 6) is 0.678. The van der Waals surface area contributed by atoms with Gasteiger partial charge in [0.15, 0.2) is 0 Å². The van der Waals surface area contributed by atoms with E-state index < -0.39 is 0 Å². The molecule has 1 amide bonds. The summed E-state index contributed by atoms with van der Waals surface area (Å²) in [4.78, 5) is 15.8. The van der Waals surface area contributed by atoms with Crippen molar-refractivity contribution >= 4 is 28.2 Å². The van der Waals surface area contributed by atoms with Crippen LogP contribution in [0.15, 0.2) is 51.6 Å². The number of piperidine rings is 1. The van der Waals surface area contributed by atoms with Crippen LogP contribution in [0.4, 0.5) is 0 Å². The molecule has 0 bridgehead atoms. The molecule has 2 fully saturated rings. The summed E-state index contributed by atoms with van der Waals surface area (Å²) in [6, 6.07) is 12.5. The highest BCUT2D eigenvalue weighted by Crippen LogP contribution is 2.56. The highest BCUT2D eigenvalue weighted by molar-refractivity contribution is 7.07. The van der Waals surface area contributed by atoms with Gasteiger partial charge in [0.05, 0.1) is 5.92 Å². The quantitative estimate of drug-likeness (QED) is 0.678. The molecule has 1 saturated heterocycles. The number of amides is 1. The first kappa shape index (κ1) is 18.0. The molecule has 1 aliphatic carbocycles. The van der Waals surface area contributed by atoms with E-state index in [1.807, 2.05) is 37.3 Å². The van der Waals surface area contributed by atoms with Crippen molar-refractivity contribution in [2.75, 3.05) is 13.1 Å². The van der Waals surface area contributed by atoms with Crippen molar-refractivity contribution in [3.05, 3.63) is 58.5 Å². The van der Waals surface area contributed by atoms with Gasteiger partial charge in [-0.25, -0.2) is 0 Å². The highest BCUT2D eigenvalue weighted by Gasteiger charge is 2.58. The number of furan rings is 1. The van der Waals surface area contributed by atoms with Crippen molar-refractivity contribution in [2.24, 2.45) is 5.41 Å². The van der Waals surface area contributed by atoms with Crippen LogP contribution in [-0.2, 0) is 11.3 Å². The van der Waals surface area contributed by atoms with Gasteiger partial charge < -0.3 is 14.6 Å². The first-order chi connectivity index (χ1) is 13.7. The normalized spacial score (nSPS) is 21.7. The Labute approximate surface area is 169 Å². The molecule has 1 N–H and O–H groups in total. The smallest absolute Gasteiger partial charge is 0.233 e. The summed E-state index contributed by atoms with van der Waals surface area (Å²) < 4.78 is 6.02. The SMILES string of the molecule is CC(C(=O)N(Cc1ccsc1)C1CC12CCNCC2)c1cc2ccccc2o1. The second kappa shape index (κ2) is 7.05. The molecule has 1 aromatic carbocycles. The number of thiophene rings is 1. The lowest BCUT2D eigenvalue weighted by molar-refractivity contribution is -0.134. The standard InChI is InChI=1S/C23H26N2O2S/c1-16(20-12-18-4-2-3-5-19(18)27-20)22(26)25(14-17-6-11-28-15-17)21-13-23(21)7-9-24-10-8-23/h2-6,11-12,15-16,21,24H,7-10,13-14H2,1H3. The second-order valence-corrected chi connectivity index (χ2v) is 9.12. The fourth-order valence-corrected chi connectivity index (χ4v) is 5.40. The lowest BCUT2D eigenvalue weighted by atomic mass is 9.93. The average Bonchev–Trinajstić information content (AvgIpc) is 3.11. The zero-order valence-corrected chi connectivity index (χ0v) is 17.0. The first-order valence-electron chi connectivity index (χ1n) is 10.2. The van der Waals surface area contributed by atoms with Crippen LogP contribution in [0.5, 0.6) is 0 Å². The predicted octanol–water partition coefficient (Wildman–Crippen LogP) is 4.77. The van der Waals surface area contributed by atoms with E-state index in [9.17, 15) is 4.79 Å². The maximum atomic E-state index is 13.6.